The van der Waals surface area contributed by atoms with Crippen molar-refractivity contribution in [1.29, 1.82) is 0 Å². The van der Waals surface area contributed by atoms with Gasteiger partial charge in [0.05, 0.1) is 11.4 Å². The first kappa shape index (κ1) is 12.5. The van der Waals surface area contributed by atoms with Crippen molar-refractivity contribution < 1.29 is 4.79 Å². The van der Waals surface area contributed by atoms with Crippen molar-refractivity contribution in [3.05, 3.63) is 23.8 Å². The fourth-order valence-corrected chi connectivity index (χ4v) is 1.05. The maximum absolute atomic E-state index is 10.2. The van der Waals surface area contributed by atoms with Crippen LogP contribution in [0.25, 0.3) is 0 Å². The van der Waals surface area contributed by atoms with E-state index in [2.05, 4.69) is 10.6 Å². The average Bonchev–Trinajstić information content (AvgIpc) is 2.24. The molecule has 14 heavy (non-hydrogen) atoms. The standard InChI is InChI=1S/C9H12N2O.C2H6/c1-7-3-4-8(11-6-12)9(5-7)10-2;1-2/h3-6,10H,1-2H3,(H,11,12);1-2H3. The minimum Gasteiger partial charge on any atom is -0.386 e. The lowest BCUT2D eigenvalue weighted by atomic mass is 10.2. The van der Waals surface area contributed by atoms with E-state index in [1.165, 1.54) is 0 Å². The first-order chi connectivity index (χ1) is 6.77. The number of carbonyl (C=O) groups is 1. The number of rotatable bonds is 3. The zero-order chi connectivity index (χ0) is 11.0. The van der Waals surface area contributed by atoms with Crippen LogP contribution in [0.2, 0.25) is 0 Å². The van der Waals surface area contributed by atoms with Crippen molar-refractivity contribution in [1.82, 2.24) is 0 Å². The van der Waals surface area contributed by atoms with E-state index in [1.807, 2.05) is 46.0 Å². The van der Waals surface area contributed by atoms with E-state index in [0.717, 1.165) is 16.9 Å². The lowest BCUT2D eigenvalue weighted by Gasteiger charge is -2.07. The summed E-state index contributed by atoms with van der Waals surface area (Å²) in [5.41, 5.74) is 2.90. The molecule has 0 atom stereocenters. The highest BCUT2D eigenvalue weighted by Crippen LogP contribution is 2.21. The van der Waals surface area contributed by atoms with E-state index < -0.39 is 0 Å². The Morgan fingerprint density at radius 3 is 2.36 bits per heavy atom. The lowest BCUT2D eigenvalue weighted by Crippen LogP contribution is -1.99. The summed E-state index contributed by atoms with van der Waals surface area (Å²) < 4.78 is 0. The summed E-state index contributed by atoms with van der Waals surface area (Å²) >= 11 is 0. The van der Waals surface area contributed by atoms with Crippen LogP contribution in [0.5, 0.6) is 0 Å². The second-order valence-corrected chi connectivity index (χ2v) is 2.56. The molecule has 0 heterocycles. The molecule has 0 aromatic heterocycles. The van der Waals surface area contributed by atoms with Crippen LogP contribution in [0.3, 0.4) is 0 Å². The number of hydrogen-bond donors (Lipinski definition) is 2. The Bertz CT molecular complexity index is 285. The van der Waals surface area contributed by atoms with Gasteiger partial charge in [0.25, 0.3) is 0 Å². The molecule has 0 unspecified atom stereocenters. The van der Waals surface area contributed by atoms with Gasteiger partial charge in [-0.25, -0.2) is 0 Å². The highest BCUT2D eigenvalue weighted by Gasteiger charge is 1.98. The number of amides is 1. The van der Waals surface area contributed by atoms with Crippen LogP contribution in [0.15, 0.2) is 18.2 Å². The summed E-state index contributed by atoms with van der Waals surface area (Å²) in [7, 11) is 1.82. The fourth-order valence-electron chi connectivity index (χ4n) is 1.05. The number of carbonyl (C=O) groups excluding carboxylic acids is 1. The summed E-state index contributed by atoms with van der Waals surface area (Å²) in [6, 6.07) is 5.80. The molecule has 0 spiro atoms. The maximum atomic E-state index is 10.2. The third-order valence-electron chi connectivity index (χ3n) is 1.66. The second kappa shape index (κ2) is 6.95. The van der Waals surface area contributed by atoms with Gasteiger partial charge in [-0.05, 0) is 24.6 Å². The van der Waals surface area contributed by atoms with Crippen molar-refractivity contribution in [3.8, 4) is 0 Å². The summed E-state index contributed by atoms with van der Waals surface area (Å²) in [6.45, 7) is 6.01. The Kier molecular flexibility index (Phi) is 6.20. The van der Waals surface area contributed by atoms with E-state index in [0.29, 0.717) is 6.41 Å². The number of aryl methyl sites for hydroxylation is 1. The van der Waals surface area contributed by atoms with Crippen LogP contribution in [0.4, 0.5) is 11.4 Å². The van der Waals surface area contributed by atoms with Gasteiger partial charge in [-0.15, -0.1) is 0 Å². The second-order valence-electron chi connectivity index (χ2n) is 2.56. The van der Waals surface area contributed by atoms with Crippen molar-refractivity contribution in [3.63, 3.8) is 0 Å². The SMILES string of the molecule is CC.CNc1cc(C)ccc1NC=O. The van der Waals surface area contributed by atoms with Crippen LogP contribution in [-0.2, 0) is 4.79 Å². The van der Waals surface area contributed by atoms with Crippen LogP contribution in [0.1, 0.15) is 19.4 Å². The highest BCUT2D eigenvalue weighted by molar-refractivity contribution is 5.80. The Hall–Kier alpha value is -1.51. The lowest BCUT2D eigenvalue weighted by molar-refractivity contribution is -0.105. The quantitative estimate of drug-likeness (QED) is 0.726. The Balaban J connectivity index is 0.000000791. The average molecular weight is 194 g/mol. The predicted molar refractivity (Wildman–Crippen MR) is 61.8 cm³/mol. The molecule has 0 fully saturated rings. The summed E-state index contributed by atoms with van der Waals surface area (Å²) in [4.78, 5) is 10.2. The van der Waals surface area contributed by atoms with Gasteiger partial charge in [0.2, 0.25) is 6.41 Å². The third-order valence-corrected chi connectivity index (χ3v) is 1.66. The van der Waals surface area contributed by atoms with Crippen molar-refractivity contribution in [2.75, 3.05) is 17.7 Å². The third kappa shape index (κ3) is 3.47. The van der Waals surface area contributed by atoms with E-state index in [-0.39, 0.29) is 0 Å². The van der Waals surface area contributed by atoms with Gasteiger partial charge in [-0.3, -0.25) is 4.79 Å². The first-order valence-electron chi connectivity index (χ1n) is 4.76. The highest BCUT2D eigenvalue weighted by atomic mass is 16.1. The minimum absolute atomic E-state index is 0.672. The molecule has 0 aliphatic carbocycles. The van der Waals surface area contributed by atoms with Gasteiger partial charge in [0, 0.05) is 7.05 Å². The molecule has 3 nitrogen and oxygen atoms in total. The van der Waals surface area contributed by atoms with Gasteiger partial charge in [0.1, 0.15) is 0 Å². The molecule has 0 saturated heterocycles. The van der Waals surface area contributed by atoms with Gasteiger partial charge >= 0.3 is 0 Å². The first-order valence-corrected chi connectivity index (χ1v) is 4.76. The molecule has 0 bridgehead atoms. The molecule has 0 aliphatic rings. The molecule has 0 saturated carbocycles. The van der Waals surface area contributed by atoms with Crippen molar-refractivity contribution in [2.24, 2.45) is 0 Å². The molecular formula is C11H18N2O. The van der Waals surface area contributed by atoms with Crippen molar-refractivity contribution in [2.45, 2.75) is 20.8 Å². The molecule has 78 valence electrons. The summed E-state index contributed by atoms with van der Waals surface area (Å²) in [5.74, 6) is 0. The maximum Gasteiger partial charge on any atom is 0.211 e. The Morgan fingerprint density at radius 2 is 1.86 bits per heavy atom. The molecule has 1 amide bonds. The van der Waals surface area contributed by atoms with Crippen LogP contribution in [0, 0.1) is 6.92 Å². The molecular weight excluding hydrogens is 176 g/mol. The Labute approximate surface area is 85.5 Å². The van der Waals surface area contributed by atoms with E-state index in [1.54, 1.807) is 0 Å². The molecule has 2 N–H and O–H groups in total. The number of anilines is 2. The summed E-state index contributed by atoms with van der Waals surface area (Å²) in [6.07, 6.45) is 0.672. The minimum atomic E-state index is 0.672. The topological polar surface area (TPSA) is 41.1 Å². The van der Waals surface area contributed by atoms with Gasteiger partial charge in [0.15, 0.2) is 0 Å². The van der Waals surface area contributed by atoms with E-state index >= 15 is 0 Å². The Morgan fingerprint density at radius 1 is 1.21 bits per heavy atom. The molecule has 3 heteroatoms. The van der Waals surface area contributed by atoms with Gasteiger partial charge < -0.3 is 10.6 Å². The van der Waals surface area contributed by atoms with E-state index in [4.69, 9.17) is 0 Å². The molecule has 0 aliphatic heterocycles. The normalized spacial score (nSPS) is 8.29. The van der Waals surface area contributed by atoms with Gasteiger partial charge in [-0.2, -0.15) is 0 Å². The number of hydrogen-bond acceptors (Lipinski definition) is 2. The van der Waals surface area contributed by atoms with E-state index in [9.17, 15) is 4.79 Å². The largest absolute Gasteiger partial charge is 0.386 e. The predicted octanol–water partition coefficient (Wildman–Crippen LogP) is 2.63. The monoisotopic (exact) mass is 194 g/mol. The zero-order valence-corrected chi connectivity index (χ0v) is 9.22. The smallest absolute Gasteiger partial charge is 0.211 e. The van der Waals surface area contributed by atoms with Crippen molar-refractivity contribution >= 4 is 17.8 Å². The van der Waals surface area contributed by atoms with Crippen LogP contribution < -0.4 is 10.6 Å². The molecule has 1 aromatic carbocycles. The molecule has 1 rings (SSSR count). The van der Waals surface area contributed by atoms with Crippen LogP contribution >= 0.6 is 0 Å². The fraction of sp³-hybridized carbons (Fsp3) is 0.364. The molecule has 1 aromatic rings. The molecule has 0 radical (unpaired) electrons. The number of benzene rings is 1. The van der Waals surface area contributed by atoms with Crippen LogP contribution in [-0.4, -0.2) is 13.5 Å². The van der Waals surface area contributed by atoms with Gasteiger partial charge in [-0.1, -0.05) is 19.9 Å². The summed E-state index contributed by atoms with van der Waals surface area (Å²) in [5, 5.41) is 5.61. The number of nitrogens with one attached hydrogen (secondary N) is 2. The zero-order valence-electron chi connectivity index (χ0n) is 9.22.